The van der Waals surface area contributed by atoms with Crippen LogP contribution in [0.3, 0.4) is 0 Å². The minimum Gasteiger partial charge on any atom is -0.390 e. The smallest absolute Gasteiger partial charge is 0.354 e. The van der Waals surface area contributed by atoms with E-state index in [2.05, 4.69) is 29.9 Å². The molecule has 44 heavy (non-hydrogen) atoms. The summed E-state index contributed by atoms with van der Waals surface area (Å²) in [4.78, 5) is 54.5. The molecule has 1 aliphatic carbocycles. The van der Waals surface area contributed by atoms with Gasteiger partial charge in [-0.2, -0.15) is 0 Å². The second kappa shape index (κ2) is 12.0. The minimum atomic E-state index is -4.76. The van der Waals surface area contributed by atoms with Gasteiger partial charge in [0.05, 0.1) is 37.7 Å². The molecule has 238 valence electrons. The second-order valence-corrected chi connectivity index (χ2v) is 12.7. The highest BCUT2D eigenvalue weighted by Gasteiger charge is 2.49. The van der Waals surface area contributed by atoms with E-state index in [9.17, 15) is 34.1 Å². The highest BCUT2D eigenvalue weighted by molar-refractivity contribution is 7.52. The number of fused-ring (bicyclic) bond motifs is 2. The third-order valence-corrected chi connectivity index (χ3v) is 8.89. The Morgan fingerprint density at radius 3 is 2.57 bits per heavy atom. The van der Waals surface area contributed by atoms with E-state index in [-0.39, 0.29) is 41.2 Å². The number of ether oxygens (including phenoxy) is 2. The molecule has 2 aliphatic rings. The summed E-state index contributed by atoms with van der Waals surface area (Å²) in [6.45, 7) is -0.375. The molecular formula is C21H27N9O12P2. The minimum absolute atomic E-state index is 0.0209. The van der Waals surface area contributed by atoms with Gasteiger partial charge in [-0.3, -0.25) is 23.0 Å². The van der Waals surface area contributed by atoms with Gasteiger partial charge in [-0.15, -0.1) is 0 Å². The number of nitrogens with one attached hydrogen (secondary N) is 1. The van der Waals surface area contributed by atoms with Crippen molar-refractivity contribution < 1.29 is 52.8 Å². The van der Waals surface area contributed by atoms with Gasteiger partial charge in [0.2, 0.25) is 0 Å². The van der Waals surface area contributed by atoms with Crippen molar-refractivity contribution in [2.24, 2.45) is 5.92 Å². The third-order valence-electron chi connectivity index (χ3n) is 7.43. The zero-order valence-corrected chi connectivity index (χ0v) is 24.2. The van der Waals surface area contributed by atoms with Crippen molar-refractivity contribution in [2.45, 2.75) is 49.4 Å². The number of anilines is 1. The number of nitrogens with zero attached hydrogens (tertiary/aromatic N) is 7. The maximum Gasteiger partial charge on any atom is 0.354 e. The molecule has 0 amide bonds. The molecule has 0 bridgehead atoms. The lowest BCUT2D eigenvalue weighted by molar-refractivity contribution is -0.168. The SMILES string of the molecule is Nc1ncnc2c1ncn2[C@@H]1O[C@H](OCP(=O)(O)O[C@H]2[C@@H](O)[C@@H](CO[PH](=O)O)C[C@H]2n2cnc3c(=O)[nH]cnc32)[C@H](O)[C@@H]1O. The van der Waals surface area contributed by atoms with E-state index in [4.69, 9.17) is 29.1 Å². The van der Waals surface area contributed by atoms with Crippen LogP contribution in [0.25, 0.3) is 22.3 Å². The first kappa shape index (κ1) is 30.8. The largest absolute Gasteiger partial charge is 0.390 e. The van der Waals surface area contributed by atoms with Gasteiger partial charge >= 0.3 is 15.9 Å². The van der Waals surface area contributed by atoms with Crippen LogP contribution in [0.2, 0.25) is 0 Å². The number of H-pyrrole nitrogens is 1. The number of aliphatic hydroxyl groups is 3. The van der Waals surface area contributed by atoms with Gasteiger partial charge in [0.15, 0.2) is 41.5 Å². The number of aromatic amines is 1. The zero-order chi connectivity index (χ0) is 31.3. The molecule has 0 spiro atoms. The van der Waals surface area contributed by atoms with Gasteiger partial charge in [0, 0.05) is 5.92 Å². The summed E-state index contributed by atoms with van der Waals surface area (Å²) < 4.78 is 48.3. The molecule has 1 aliphatic heterocycles. The molecule has 10 atom stereocenters. The molecule has 0 radical (unpaired) electrons. The van der Waals surface area contributed by atoms with E-state index in [0.717, 1.165) is 6.33 Å². The number of imidazole rings is 2. The van der Waals surface area contributed by atoms with Crippen LogP contribution in [0, 0.1) is 5.92 Å². The van der Waals surface area contributed by atoms with Crippen LogP contribution in [0.15, 0.2) is 30.1 Å². The van der Waals surface area contributed by atoms with Gasteiger partial charge < -0.3 is 54.4 Å². The van der Waals surface area contributed by atoms with Crippen molar-refractivity contribution in [3.05, 3.63) is 35.7 Å². The summed E-state index contributed by atoms with van der Waals surface area (Å²) in [6.07, 6.45) is -5.23. The van der Waals surface area contributed by atoms with Crippen LogP contribution in [0.4, 0.5) is 5.82 Å². The molecule has 4 aromatic rings. The monoisotopic (exact) mass is 659 g/mol. The Kier molecular flexibility index (Phi) is 8.37. The first-order chi connectivity index (χ1) is 20.9. The molecule has 21 nitrogen and oxygen atoms in total. The predicted octanol–water partition coefficient (Wildman–Crippen LogP) is -2.02. The summed E-state index contributed by atoms with van der Waals surface area (Å²) in [5.74, 6) is -0.753. The number of nitrogen functional groups attached to an aromatic ring is 1. The Morgan fingerprint density at radius 2 is 1.80 bits per heavy atom. The highest BCUT2D eigenvalue weighted by atomic mass is 31.2. The maximum atomic E-state index is 13.2. The third kappa shape index (κ3) is 5.68. The molecule has 6 rings (SSSR count). The first-order valence-corrected chi connectivity index (χ1v) is 16.0. The van der Waals surface area contributed by atoms with Gasteiger partial charge in [-0.25, -0.2) is 24.9 Å². The molecule has 1 saturated carbocycles. The highest BCUT2D eigenvalue weighted by Crippen LogP contribution is 2.51. The fraction of sp³-hybridized carbons (Fsp3) is 0.524. The fourth-order valence-electron chi connectivity index (χ4n) is 5.38. The summed E-state index contributed by atoms with van der Waals surface area (Å²) in [6, 6.07) is -0.928. The lowest BCUT2D eigenvalue weighted by Gasteiger charge is -2.27. The standard InChI is InChI=1S/C21H27N9O12P2/c22-16-10-17(24-3-23-16)30(6-27-10)20-13(32)14(33)21(41-20)39-7-44(37,38)42-15-9(1-8(12(15)31)2-40-43(35)36)29-5-28-11-18(29)25-4-26-19(11)34/h3-6,8-9,12-15,20-21,31-33,43H,1-2,7H2,(H,35,36)(H,37,38)(H2,22,23,24)(H,25,26,34)/t8-,9-,12+,13+,14-,15-,20-,21+/m1/s1. The molecular weight excluding hydrogens is 632 g/mol. The van der Waals surface area contributed by atoms with Crippen LogP contribution >= 0.6 is 15.9 Å². The number of hydrogen-bond acceptors (Lipinski definition) is 16. The van der Waals surface area contributed by atoms with E-state index in [1.807, 2.05) is 0 Å². The van der Waals surface area contributed by atoms with Gasteiger partial charge in [0.25, 0.3) is 5.56 Å². The predicted molar refractivity (Wildman–Crippen MR) is 145 cm³/mol. The van der Waals surface area contributed by atoms with Crippen molar-refractivity contribution in [1.29, 1.82) is 0 Å². The van der Waals surface area contributed by atoms with Crippen LogP contribution in [0.5, 0.6) is 0 Å². The van der Waals surface area contributed by atoms with Crippen molar-refractivity contribution in [1.82, 2.24) is 39.0 Å². The van der Waals surface area contributed by atoms with Gasteiger partial charge in [-0.05, 0) is 6.42 Å². The van der Waals surface area contributed by atoms with Crippen molar-refractivity contribution in [2.75, 3.05) is 18.7 Å². The Labute approximate surface area is 245 Å². The van der Waals surface area contributed by atoms with Crippen molar-refractivity contribution in [3.8, 4) is 0 Å². The van der Waals surface area contributed by atoms with Crippen molar-refractivity contribution >= 4 is 44.0 Å². The topological polar surface area (TPSA) is 305 Å². The average molecular weight is 659 g/mol. The number of rotatable bonds is 10. The quantitative estimate of drug-likeness (QED) is 0.0904. The van der Waals surface area contributed by atoms with Gasteiger partial charge in [0.1, 0.15) is 30.2 Å². The molecule has 5 heterocycles. The van der Waals surface area contributed by atoms with Crippen LogP contribution in [0.1, 0.15) is 18.7 Å². The Morgan fingerprint density at radius 1 is 1.07 bits per heavy atom. The normalized spacial score (nSPS) is 31.1. The number of nitrogens with two attached hydrogens (primary N) is 1. The lowest BCUT2D eigenvalue weighted by atomic mass is 10.1. The first-order valence-electron chi connectivity index (χ1n) is 13.0. The average Bonchev–Trinajstić information content (AvgIpc) is 3.73. The zero-order valence-electron chi connectivity index (χ0n) is 22.3. The Balaban J connectivity index is 1.19. The van der Waals surface area contributed by atoms with E-state index in [1.54, 1.807) is 0 Å². The lowest BCUT2D eigenvalue weighted by Crippen LogP contribution is -2.34. The van der Waals surface area contributed by atoms with E-state index in [0.29, 0.717) is 0 Å². The summed E-state index contributed by atoms with van der Waals surface area (Å²) in [7, 11) is -8.11. The Hall–Kier alpha value is -3.20. The molecule has 0 aromatic carbocycles. The molecule has 1 saturated heterocycles. The second-order valence-electron chi connectivity index (χ2n) is 10.1. The number of aromatic nitrogens is 8. The van der Waals surface area contributed by atoms with E-state index in [1.165, 1.54) is 28.1 Å². The van der Waals surface area contributed by atoms with E-state index >= 15 is 0 Å². The number of aliphatic hydroxyl groups excluding tert-OH is 3. The van der Waals surface area contributed by atoms with E-state index < -0.39 is 76.7 Å². The molecule has 2 fully saturated rings. The van der Waals surface area contributed by atoms with Crippen molar-refractivity contribution in [3.63, 3.8) is 0 Å². The molecule has 2 unspecified atom stereocenters. The molecule has 23 heteroatoms. The molecule has 4 aromatic heterocycles. The van der Waals surface area contributed by atoms with Crippen LogP contribution < -0.4 is 11.3 Å². The Bertz CT molecular complexity index is 1800. The number of hydrogen-bond donors (Lipinski definition) is 7. The summed E-state index contributed by atoms with van der Waals surface area (Å²) in [5.41, 5.74) is 5.74. The summed E-state index contributed by atoms with van der Waals surface area (Å²) in [5, 5.41) is 32.2. The molecule has 8 N–H and O–H groups in total. The van der Waals surface area contributed by atoms with Gasteiger partial charge in [-0.1, -0.05) is 0 Å². The fourth-order valence-corrected chi connectivity index (χ4v) is 6.77. The van der Waals surface area contributed by atoms with Crippen LogP contribution in [-0.4, -0.2) is 108 Å². The summed E-state index contributed by atoms with van der Waals surface area (Å²) >= 11 is 0. The van der Waals surface area contributed by atoms with Crippen LogP contribution in [-0.2, 0) is 27.7 Å². The maximum absolute atomic E-state index is 13.2.